The highest BCUT2D eigenvalue weighted by atomic mass is 15.1. The van der Waals surface area contributed by atoms with Gasteiger partial charge in [-0.05, 0) is 32.5 Å². The van der Waals surface area contributed by atoms with E-state index in [1.54, 1.807) is 0 Å². The zero-order valence-electron chi connectivity index (χ0n) is 12.0. The van der Waals surface area contributed by atoms with Gasteiger partial charge in [-0.15, -0.1) is 0 Å². The number of nitrogens with two attached hydrogens (primary N) is 1. The molecular weight excluding hydrogens is 222 g/mol. The van der Waals surface area contributed by atoms with Gasteiger partial charge >= 0.3 is 0 Å². The number of aryl methyl sites for hydroxylation is 1. The van der Waals surface area contributed by atoms with Crippen LogP contribution < -0.4 is 5.73 Å². The molecule has 100 valence electrons. The molecule has 0 saturated heterocycles. The highest BCUT2D eigenvalue weighted by Gasteiger charge is 2.21. The Bertz CT molecular complexity index is 393. The van der Waals surface area contributed by atoms with E-state index in [9.17, 15) is 0 Å². The Labute approximate surface area is 111 Å². The summed E-state index contributed by atoms with van der Waals surface area (Å²) in [5.41, 5.74) is 8.00. The normalized spacial score (nSPS) is 11.8. The average Bonchev–Trinajstić information content (AvgIpc) is 2.29. The van der Waals surface area contributed by atoms with Gasteiger partial charge in [-0.25, -0.2) is 0 Å². The molecule has 0 saturated carbocycles. The van der Waals surface area contributed by atoms with Crippen LogP contribution in [0.15, 0.2) is 24.3 Å². The second-order valence-corrected chi connectivity index (χ2v) is 5.77. The van der Waals surface area contributed by atoms with Crippen molar-refractivity contribution in [3.05, 3.63) is 35.4 Å². The first-order valence-electron chi connectivity index (χ1n) is 6.40. The predicted molar refractivity (Wildman–Crippen MR) is 77.8 cm³/mol. The molecule has 18 heavy (non-hydrogen) atoms. The van der Waals surface area contributed by atoms with Gasteiger partial charge in [0.1, 0.15) is 0 Å². The number of hydrogen-bond donors (Lipinski definition) is 2. The maximum Gasteiger partial charge on any atom is 0.0963 e. The Morgan fingerprint density at radius 1 is 1.28 bits per heavy atom. The maximum absolute atomic E-state index is 7.55. The topological polar surface area (TPSA) is 53.1 Å². The molecule has 0 fully saturated rings. The second kappa shape index (κ2) is 6.01. The van der Waals surface area contributed by atoms with Crippen molar-refractivity contribution >= 4 is 5.84 Å². The van der Waals surface area contributed by atoms with E-state index in [2.05, 4.69) is 43.1 Å². The SMILES string of the molecule is Cc1ccc(CN(C)CCC(C)(C)C(=N)N)cc1. The molecule has 3 N–H and O–H groups in total. The molecule has 0 aliphatic heterocycles. The molecule has 0 unspecified atom stereocenters. The van der Waals surface area contributed by atoms with Gasteiger partial charge in [0.05, 0.1) is 5.84 Å². The molecule has 1 aromatic carbocycles. The summed E-state index contributed by atoms with van der Waals surface area (Å²) in [7, 11) is 2.11. The van der Waals surface area contributed by atoms with Crippen molar-refractivity contribution in [1.82, 2.24) is 4.90 Å². The van der Waals surface area contributed by atoms with Crippen LogP contribution in [-0.2, 0) is 6.54 Å². The number of nitrogens with zero attached hydrogens (tertiary/aromatic N) is 1. The van der Waals surface area contributed by atoms with Crippen molar-refractivity contribution in [3.63, 3.8) is 0 Å². The van der Waals surface area contributed by atoms with Crippen LogP contribution in [0, 0.1) is 17.7 Å². The molecule has 0 atom stereocenters. The summed E-state index contributed by atoms with van der Waals surface area (Å²) in [5.74, 6) is 0.270. The third kappa shape index (κ3) is 4.49. The first kappa shape index (κ1) is 14.7. The highest BCUT2D eigenvalue weighted by molar-refractivity contribution is 5.82. The molecule has 3 heteroatoms. The molecule has 1 rings (SSSR count). The first-order valence-corrected chi connectivity index (χ1v) is 6.40. The molecule has 0 heterocycles. The summed E-state index contributed by atoms with van der Waals surface area (Å²) in [6.07, 6.45) is 0.907. The third-order valence-corrected chi connectivity index (χ3v) is 3.42. The van der Waals surface area contributed by atoms with Crippen molar-refractivity contribution in [3.8, 4) is 0 Å². The van der Waals surface area contributed by atoms with Crippen molar-refractivity contribution in [2.45, 2.75) is 33.7 Å². The van der Waals surface area contributed by atoms with Crippen LogP contribution >= 0.6 is 0 Å². The molecule has 0 radical (unpaired) electrons. The Kier molecular flexibility index (Phi) is 4.91. The monoisotopic (exact) mass is 247 g/mol. The molecule has 0 amide bonds. The standard InChI is InChI=1S/C15H25N3/c1-12-5-7-13(8-6-12)11-18(4)10-9-15(2,3)14(16)17/h5-8H,9-11H2,1-4H3,(H3,16,17). The average molecular weight is 247 g/mol. The summed E-state index contributed by atoms with van der Waals surface area (Å²) in [4.78, 5) is 2.27. The van der Waals surface area contributed by atoms with Crippen LogP contribution in [0.5, 0.6) is 0 Å². The molecule has 0 aromatic heterocycles. The molecule has 0 spiro atoms. The lowest BCUT2D eigenvalue weighted by molar-refractivity contribution is 0.284. The van der Waals surface area contributed by atoms with Gasteiger partial charge in [0.25, 0.3) is 0 Å². The minimum Gasteiger partial charge on any atom is -0.387 e. The second-order valence-electron chi connectivity index (χ2n) is 5.77. The van der Waals surface area contributed by atoms with E-state index >= 15 is 0 Å². The van der Waals surface area contributed by atoms with Gasteiger partial charge in [0.2, 0.25) is 0 Å². The smallest absolute Gasteiger partial charge is 0.0963 e. The Balaban J connectivity index is 2.45. The van der Waals surface area contributed by atoms with E-state index in [1.807, 2.05) is 13.8 Å². The largest absolute Gasteiger partial charge is 0.387 e. The van der Waals surface area contributed by atoms with Crippen LogP contribution in [0.1, 0.15) is 31.4 Å². The summed E-state index contributed by atoms with van der Waals surface area (Å²) < 4.78 is 0. The minimum absolute atomic E-state index is 0.207. The summed E-state index contributed by atoms with van der Waals surface area (Å²) >= 11 is 0. The summed E-state index contributed by atoms with van der Waals surface area (Å²) in [6.45, 7) is 8.03. The number of benzene rings is 1. The van der Waals surface area contributed by atoms with E-state index in [0.29, 0.717) is 0 Å². The summed E-state index contributed by atoms with van der Waals surface area (Å²) in [6, 6.07) is 8.62. The zero-order chi connectivity index (χ0) is 13.8. The third-order valence-electron chi connectivity index (χ3n) is 3.42. The molecule has 0 bridgehead atoms. The lowest BCUT2D eigenvalue weighted by atomic mass is 9.88. The predicted octanol–water partition coefficient (Wildman–Crippen LogP) is 2.78. The van der Waals surface area contributed by atoms with Crippen LogP contribution in [0.2, 0.25) is 0 Å². The van der Waals surface area contributed by atoms with Crippen molar-refractivity contribution in [1.29, 1.82) is 5.41 Å². The van der Waals surface area contributed by atoms with Gasteiger partial charge in [-0.3, -0.25) is 5.41 Å². The number of hydrogen-bond acceptors (Lipinski definition) is 2. The van der Waals surface area contributed by atoms with E-state index < -0.39 is 0 Å². The van der Waals surface area contributed by atoms with Gasteiger partial charge in [-0.1, -0.05) is 43.7 Å². The van der Waals surface area contributed by atoms with Crippen LogP contribution in [0.4, 0.5) is 0 Å². The fourth-order valence-corrected chi connectivity index (χ4v) is 1.69. The Hall–Kier alpha value is -1.35. The minimum atomic E-state index is -0.207. The van der Waals surface area contributed by atoms with Gasteiger partial charge in [-0.2, -0.15) is 0 Å². The first-order chi connectivity index (χ1) is 8.31. The number of nitrogens with one attached hydrogen (secondary N) is 1. The van der Waals surface area contributed by atoms with E-state index in [1.165, 1.54) is 11.1 Å². The fraction of sp³-hybridized carbons (Fsp3) is 0.533. The molecule has 1 aromatic rings. The zero-order valence-corrected chi connectivity index (χ0v) is 12.0. The quantitative estimate of drug-likeness (QED) is 0.600. The molecule has 0 aliphatic carbocycles. The lowest BCUT2D eigenvalue weighted by Gasteiger charge is -2.26. The van der Waals surface area contributed by atoms with Gasteiger partial charge in [0.15, 0.2) is 0 Å². The lowest BCUT2D eigenvalue weighted by Crippen LogP contribution is -2.34. The van der Waals surface area contributed by atoms with E-state index in [-0.39, 0.29) is 11.3 Å². The van der Waals surface area contributed by atoms with Crippen LogP contribution in [0.25, 0.3) is 0 Å². The molecule has 0 aliphatic rings. The van der Waals surface area contributed by atoms with Crippen molar-refractivity contribution < 1.29 is 0 Å². The van der Waals surface area contributed by atoms with Gasteiger partial charge in [0, 0.05) is 12.0 Å². The Morgan fingerprint density at radius 2 is 1.83 bits per heavy atom. The van der Waals surface area contributed by atoms with E-state index in [0.717, 1.165) is 19.5 Å². The maximum atomic E-state index is 7.55. The Morgan fingerprint density at radius 3 is 2.33 bits per heavy atom. The summed E-state index contributed by atoms with van der Waals surface area (Å²) in [5, 5.41) is 7.55. The van der Waals surface area contributed by atoms with Gasteiger partial charge < -0.3 is 10.6 Å². The number of rotatable bonds is 6. The van der Waals surface area contributed by atoms with Crippen molar-refractivity contribution in [2.24, 2.45) is 11.1 Å². The van der Waals surface area contributed by atoms with Crippen LogP contribution in [-0.4, -0.2) is 24.3 Å². The van der Waals surface area contributed by atoms with E-state index in [4.69, 9.17) is 11.1 Å². The molecule has 3 nitrogen and oxygen atoms in total. The fourth-order valence-electron chi connectivity index (χ4n) is 1.69. The molecular formula is C15H25N3. The van der Waals surface area contributed by atoms with Crippen LogP contribution in [0.3, 0.4) is 0 Å². The highest BCUT2D eigenvalue weighted by Crippen LogP contribution is 2.20. The number of amidine groups is 1. The van der Waals surface area contributed by atoms with Crippen molar-refractivity contribution in [2.75, 3.05) is 13.6 Å².